The zero-order valence-electron chi connectivity index (χ0n) is 11.0. The quantitative estimate of drug-likeness (QED) is 0.936. The van der Waals surface area contributed by atoms with Crippen molar-refractivity contribution in [3.05, 3.63) is 53.3 Å². The topological polar surface area (TPSA) is 34.1 Å². The van der Waals surface area contributed by atoms with Gasteiger partial charge in [0.15, 0.2) is 0 Å². The van der Waals surface area contributed by atoms with E-state index in [2.05, 4.69) is 16.4 Å². The summed E-state index contributed by atoms with van der Waals surface area (Å²) in [5.74, 6) is 2.22. The van der Waals surface area contributed by atoms with Crippen LogP contribution >= 0.6 is 11.6 Å². The van der Waals surface area contributed by atoms with Crippen LogP contribution in [0.1, 0.15) is 17.9 Å². The highest BCUT2D eigenvalue weighted by atomic mass is 35.5. The van der Waals surface area contributed by atoms with Crippen LogP contribution in [0.4, 0.5) is 0 Å². The molecule has 2 aromatic rings. The average molecular weight is 287 g/mol. The van der Waals surface area contributed by atoms with Crippen LogP contribution in [0.25, 0.3) is 0 Å². The Morgan fingerprint density at radius 1 is 1.15 bits per heavy atom. The first-order valence-electron chi connectivity index (χ1n) is 6.84. The van der Waals surface area contributed by atoms with Crippen molar-refractivity contribution in [1.82, 2.24) is 10.3 Å². The third kappa shape index (κ3) is 2.07. The van der Waals surface area contributed by atoms with Crippen molar-refractivity contribution in [2.75, 3.05) is 13.1 Å². The highest BCUT2D eigenvalue weighted by molar-refractivity contribution is 6.30. The lowest BCUT2D eigenvalue weighted by atomic mass is 9.94. The molecule has 1 atom stereocenters. The van der Waals surface area contributed by atoms with E-state index in [1.165, 1.54) is 12.0 Å². The summed E-state index contributed by atoms with van der Waals surface area (Å²) < 4.78 is 5.84. The minimum absolute atomic E-state index is 0.514. The van der Waals surface area contributed by atoms with Gasteiger partial charge in [-0.3, -0.25) is 4.98 Å². The number of nitrogens with one attached hydrogen (secondary N) is 1. The highest BCUT2D eigenvalue weighted by Gasteiger charge is 2.58. The molecule has 4 heteroatoms. The molecule has 0 amide bonds. The Balaban J connectivity index is 1.53. The molecule has 4 rings (SSSR count). The standard InChI is InChI=1S/C16H15ClN2O/c17-12-1-3-13(4-2-12)20-14-5-11(7-18-8-14)15-6-16(15)9-19-10-16/h1-5,7-8,15,19H,6,9-10H2. The normalized spacial score (nSPS) is 22.4. The van der Waals surface area contributed by atoms with Gasteiger partial charge >= 0.3 is 0 Å². The van der Waals surface area contributed by atoms with E-state index in [-0.39, 0.29) is 0 Å². The van der Waals surface area contributed by atoms with Gasteiger partial charge in [-0.15, -0.1) is 0 Å². The van der Waals surface area contributed by atoms with Gasteiger partial charge in [0, 0.05) is 29.7 Å². The van der Waals surface area contributed by atoms with E-state index in [0.29, 0.717) is 16.4 Å². The van der Waals surface area contributed by atoms with Crippen molar-refractivity contribution in [1.29, 1.82) is 0 Å². The van der Waals surface area contributed by atoms with Crippen molar-refractivity contribution in [2.45, 2.75) is 12.3 Å². The summed E-state index contributed by atoms with van der Waals surface area (Å²) in [6, 6.07) is 9.49. The molecule has 1 spiro atoms. The number of nitrogens with zero attached hydrogens (tertiary/aromatic N) is 1. The molecular formula is C16H15ClN2O. The lowest BCUT2D eigenvalue weighted by Gasteiger charge is -2.28. The van der Waals surface area contributed by atoms with Crippen molar-refractivity contribution >= 4 is 11.6 Å². The Hall–Kier alpha value is -1.58. The first-order valence-corrected chi connectivity index (χ1v) is 7.22. The van der Waals surface area contributed by atoms with Crippen LogP contribution in [0.3, 0.4) is 0 Å². The smallest absolute Gasteiger partial charge is 0.145 e. The van der Waals surface area contributed by atoms with Crippen LogP contribution in [0.2, 0.25) is 5.02 Å². The number of rotatable bonds is 3. The summed E-state index contributed by atoms with van der Waals surface area (Å²) >= 11 is 5.87. The predicted molar refractivity (Wildman–Crippen MR) is 78.4 cm³/mol. The fraction of sp³-hybridized carbons (Fsp3) is 0.312. The SMILES string of the molecule is Clc1ccc(Oc2cncc(C3CC34CNC4)c2)cc1. The summed E-state index contributed by atoms with van der Waals surface area (Å²) in [6.07, 6.45) is 4.99. The number of halogens is 1. The predicted octanol–water partition coefficient (Wildman–Crippen LogP) is 3.60. The van der Waals surface area contributed by atoms with E-state index in [4.69, 9.17) is 16.3 Å². The van der Waals surface area contributed by atoms with Gasteiger partial charge < -0.3 is 10.1 Å². The molecule has 20 heavy (non-hydrogen) atoms. The largest absolute Gasteiger partial charge is 0.456 e. The molecule has 1 aliphatic carbocycles. The highest BCUT2D eigenvalue weighted by Crippen LogP contribution is 2.61. The van der Waals surface area contributed by atoms with Crippen LogP contribution in [0.15, 0.2) is 42.7 Å². The molecule has 1 aromatic carbocycles. The molecule has 3 nitrogen and oxygen atoms in total. The third-order valence-corrected chi connectivity index (χ3v) is 4.58. The zero-order chi connectivity index (χ0) is 13.6. The van der Waals surface area contributed by atoms with Crippen LogP contribution < -0.4 is 10.1 Å². The van der Waals surface area contributed by atoms with Crippen LogP contribution in [0.5, 0.6) is 11.5 Å². The Morgan fingerprint density at radius 2 is 1.95 bits per heavy atom. The second-order valence-corrected chi connectivity index (χ2v) is 6.17. The van der Waals surface area contributed by atoms with Crippen molar-refractivity contribution in [2.24, 2.45) is 5.41 Å². The van der Waals surface area contributed by atoms with Gasteiger partial charge in [-0.25, -0.2) is 0 Å². The molecule has 1 N–H and O–H groups in total. The number of ether oxygens (including phenoxy) is 1. The lowest BCUT2D eigenvalue weighted by Crippen LogP contribution is -2.44. The summed E-state index contributed by atoms with van der Waals surface area (Å²) in [5, 5.41) is 4.07. The van der Waals surface area contributed by atoms with E-state index in [0.717, 1.165) is 24.6 Å². The molecule has 1 aliphatic heterocycles. The number of hydrogen-bond acceptors (Lipinski definition) is 3. The second-order valence-electron chi connectivity index (χ2n) is 5.73. The number of pyridine rings is 1. The van der Waals surface area contributed by atoms with Gasteiger partial charge in [0.2, 0.25) is 0 Å². The van der Waals surface area contributed by atoms with Crippen molar-refractivity contribution in [3.63, 3.8) is 0 Å². The summed E-state index contributed by atoms with van der Waals surface area (Å²) in [5.41, 5.74) is 1.80. The van der Waals surface area contributed by atoms with Crippen molar-refractivity contribution < 1.29 is 4.74 Å². The molecular weight excluding hydrogens is 272 g/mol. The van der Waals surface area contributed by atoms with Gasteiger partial charge in [-0.1, -0.05) is 11.6 Å². The van der Waals surface area contributed by atoms with Crippen LogP contribution in [-0.2, 0) is 0 Å². The average Bonchev–Trinajstić information content (AvgIpc) is 3.18. The van der Waals surface area contributed by atoms with Crippen LogP contribution in [0, 0.1) is 5.41 Å². The van der Waals surface area contributed by atoms with Gasteiger partial charge in [-0.05, 0) is 48.2 Å². The fourth-order valence-electron chi connectivity index (χ4n) is 2.98. The zero-order valence-corrected chi connectivity index (χ0v) is 11.7. The monoisotopic (exact) mass is 286 g/mol. The minimum Gasteiger partial charge on any atom is -0.456 e. The number of aromatic nitrogens is 1. The maximum absolute atomic E-state index is 5.87. The number of hydrogen-bond donors (Lipinski definition) is 1. The fourth-order valence-corrected chi connectivity index (χ4v) is 3.10. The molecule has 1 saturated heterocycles. The molecule has 0 radical (unpaired) electrons. The van der Waals surface area contributed by atoms with Gasteiger partial charge in [0.1, 0.15) is 11.5 Å². The number of benzene rings is 1. The molecule has 2 aliphatic rings. The van der Waals surface area contributed by atoms with Gasteiger partial charge in [0.25, 0.3) is 0 Å². The molecule has 2 heterocycles. The molecule has 1 unspecified atom stereocenters. The molecule has 1 saturated carbocycles. The maximum Gasteiger partial charge on any atom is 0.145 e. The molecule has 0 bridgehead atoms. The van der Waals surface area contributed by atoms with E-state index in [1.807, 2.05) is 30.5 Å². The van der Waals surface area contributed by atoms with Gasteiger partial charge in [-0.2, -0.15) is 0 Å². The minimum atomic E-state index is 0.514. The van der Waals surface area contributed by atoms with E-state index in [1.54, 1.807) is 6.20 Å². The Bertz CT molecular complexity index is 637. The summed E-state index contributed by atoms with van der Waals surface area (Å²) in [6.45, 7) is 2.28. The first-order chi connectivity index (χ1) is 9.75. The Morgan fingerprint density at radius 3 is 2.60 bits per heavy atom. The van der Waals surface area contributed by atoms with Gasteiger partial charge in [0.05, 0.1) is 6.20 Å². The van der Waals surface area contributed by atoms with E-state index >= 15 is 0 Å². The summed E-state index contributed by atoms with van der Waals surface area (Å²) in [4.78, 5) is 4.31. The molecule has 1 aromatic heterocycles. The molecule has 102 valence electrons. The second kappa shape index (κ2) is 4.47. The van der Waals surface area contributed by atoms with Crippen LogP contribution in [-0.4, -0.2) is 18.1 Å². The maximum atomic E-state index is 5.87. The van der Waals surface area contributed by atoms with E-state index in [9.17, 15) is 0 Å². The Labute approximate surface area is 122 Å². The Kier molecular flexibility index (Phi) is 2.72. The summed E-state index contributed by atoms with van der Waals surface area (Å²) in [7, 11) is 0. The molecule has 2 fully saturated rings. The first kappa shape index (κ1) is 12.2. The third-order valence-electron chi connectivity index (χ3n) is 4.33. The van der Waals surface area contributed by atoms with Crippen molar-refractivity contribution in [3.8, 4) is 11.5 Å². The van der Waals surface area contributed by atoms with E-state index < -0.39 is 0 Å². The lowest BCUT2D eigenvalue weighted by molar-refractivity contribution is 0.312.